The smallest absolute Gasteiger partial charge is 0.173 e. The average molecular weight is 177 g/mol. The highest BCUT2D eigenvalue weighted by atomic mass is 19.1. The lowest BCUT2D eigenvalue weighted by atomic mass is 10.4. The summed E-state index contributed by atoms with van der Waals surface area (Å²) in [5, 5.41) is 2.85. The Bertz CT molecular complexity index is 348. The van der Waals surface area contributed by atoms with Crippen LogP contribution in [0.2, 0.25) is 0 Å². The lowest BCUT2D eigenvalue weighted by Crippen LogP contribution is -2.16. The molecule has 0 radical (unpaired) electrons. The number of rotatable bonds is 1. The molecule has 0 unspecified atom stereocenters. The minimum atomic E-state index is -0.335. The topological polar surface area (TPSA) is 28.2 Å². The third-order valence-electron chi connectivity index (χ3n) is 1.65. The van der Waals surface area contributed by atoms with Crippen LogP contribution in [0.15, 0.2) is 43.1 Å². The van der Waals surface area contributed by atoms with Crippen LogP contribution < -0.4 is 10.2 Å². The van der Waals surface area contributed by atoms with Crippen LogP contribution in [-0.2, 0) is 0 Å². The van der Waals surface area contributed by atoms with E-state index in [1.165, 1.54) is 6.07 Å². The highest BCUT2D eigenvalue weighted by Crippen LogP contribution is 2.16. The second-order valence-corrected chi connectivity index (χ2v) is 2.51. The normalized spacial score (nSPS) is 14.4. The number of nitrogens with zero attached hydrogens (tertiary/aromatic N) is 2. The van der Waals surface area contributed by atoms with Gasteiger partial charge in [0.25, 0.3) is 0 Å². The molecule has 1 aliphatic rings. The zero-order valence-electron chi connectivity index (χ0n) is 6.81. The average Bonchev–Trinajstić information content (AvgIpc) is 2.20. The molecule has 0 aromatic carbocycles. The van der Waals surface area contributed by atoms with Gasteiger partial charge in [-0.15, -0.1) is 0 Å². The molecule has 0 aliphatic carbocycles. The van der Waals surface area contributed by atoms with Crippen molar-refractivity contribution in [3.63, 3.8) is 0 Å². The first-order valence-electron chi connectivity index (χ1n) is 3.86. The van der Waals surface area contributed by atoms with Gasteiger partial charge in [0.05, 0.1) is 0 Å². The molecule has 1 aromatic heterocycles. The Kier molecular flexibility index (Phi) is 1.96. The Labute approximate surface area is 75.2 Å². The maximum absolute atomic E-state index is 13.2. The van der Waals surface area contributed by atoms with Crippen molar-refractivity contribution in [1.82, 2.24) is 10.3 Å². The SMILES string of the molecule is Fc1cccnc1N1C=CNC=C1. The van der Waals surface area contributed by atoms with Crippen molar-refractivity contribution in [3.8, 4) is 0 Å². The molecule has 66 valence electrons. The van der Waals surface area contributed by atoms with Crippen molar-refractivity contribution < 1.29 is 4.39 Å². The number of aromatic nitrogens is 1. The van der Waals surface area contributed by atoms with Crippen LogP contribution in [-0.4, -0.2) is 4.98 Å². The largest absolute Gasteiger partial charge is 0.365 e. The van der Waals surface area contributed by atoms with Crippen molar-refractivity contribution in [2.24, 2.45) is 0 Å². The summed E-state index contributed by atoms with van der Waals surface area (Å²) in [6.07, 6.45) is 8.36. The summed E-state index contributed by atoms with van der Waals surface area (Å²) in [4.78, 5) is 5.53. The molecule has 0 atom stereocenters. The number of anilines is 1. The molecule has 4 heteroatoms. The first kappa shape index (κ1) is 7.79. The predicted molar refractivity (Wildman–Crippen MR) is 48.1 cm³/mol. The highest BCUT2D eigenvalue weighted by Gasteiger charge is 2.07. The third kappa shape index (κ3) is 1.51. The fourth-order valence-corrected chi connectivity index (χ4v) is 1.06. The molecule has 13 heavy (non-hydrogen) atoms. The van der Waals surface area contributed by atoms with Crippen LogP contribution in [0.3, 0.4) is 0 Å². The molecule has 0 spiro atoms. The van der Waals surface area contributed by atoms with E-state index >= 15 is 0 Å². The van der Waals surface area contributed by atoms with E-state index in [0.717, 1.165) is 0 Å². The minimum Gasteiger partial charge on any atom is -0.365 e. The van der Waals surface area contributed by atoms with Gasteiger partial charge >= 0.3 is 0 Å². The summed E-state index contributed by atoms with van der Waals surface area (Å²) in [6.45, 7) is 0. The van der Waals surface area contributed by atoms with Crippen LogP contribution in [0, 0.1) is 5.82 Å². The van der Waals surface area contributed by atoms with Gasteiger partial charge < -0.3 is 10.2 Å². The Hall–Kier alpha value is -1.84. The quantitative estimate of drug-likeness (QED) is 0.705. The molecule has 1 N–H and O–H groups in total. The van der Waals surface area contributed by atoms with Crippen molar-refractivity contribution in [2.45, 2.75) is 0 Å². The Balaban J connectivity index is 2.34. The fourth-order valence-electron chi connectivity index (χ4n) is 1.06. The van der Waals surface area contributed by atoms with E-state index in [2.05, 4.69) is 10.3 Å². The highest BCUT2D eigenvalue weighted by molar-refractivity contribution is 5.47. The molecule has 0 saturated carbocycles. The Morgan fingerprint density at radius 2 is 2.08 bits per heavy atom. The second kappa shape index (κ2) is 3.26. The maximum atomic E-state index is 13.2. The number of nitrogens with one attached hydrogen (secondary N) is 1. The van der Waals surface area contributed by atoms with Crippen molar-refractivity contribution >= 4 is 5.82 Å². The molecular weight excluding hydrogens is 169 g/mol. The molecule has 0 amide bonds. The summed E-state index contributed by atoms with van der Waals surface area (Å²) >= 11 is 0. The van der Waals surface area contributed by atoms with Crippen LogP contribution in [0.5, 0.6) is 0 Å². The zero-order chi connectivity index (χ0) is 9.10. The summed E-state index contributed by atoms with van der Waals surface area (Å²) in [6, 6.07) is 2.94. The van der Waals surface area contributed by atoms with Gasteiger partial charge in [-0.25, -0.2) is 9.37 Å². The molecule has 0 bridgehead atoms. The van der Waals surface area contributed by atoms with Gasteiger partial charge in [-0.3, -0.25) is 0 Å². The molecule has 0 fully saturated rings. The number of halogens is 1. The fraction of sp³-hybridized carbons (Fsp3) is 0. The lowest BCUT2D eigenvalue weighted by Gasteiger charge is -2.17. The van der Waals surface area contributed by atoms with Crippen molar-refractivity contribution in [3.05, 3.63) is 48.9 Å². The zero-order valence-corrected chi connectivity index (χ0v) is 6.81. The van der Waals surface area contributed by atoms with Crippen LogP contribution >= 0.6 is 0 Å². The Morgan fingerprint density at radius 3 is 2.77 bits per heavy atom. The summed E-state index contributed by atoms with van der Waals surface area (Å²) < 4.78 is 13.2. The van der Waals surface area contributed by atoms with Gasteiger partial charge in [0.15, 0.2) is 11.6 Å². The monoisotopic (exact) mass is 177 g/mol. The van der Waals surface area contributed by atoms with Gasteiger partial charge in [0, 0.05) is 31.0 Å². The first-order chi connectivity index (χ1) is 6.38. The molecule has 2 heterocycles. The van der Waals surface area contributed by atoms with Gasteiger partial charge in [-0.05, 0) is 12.1 Å². The molecule has 1 aromatic rings. The Morgan fingerprint density at radius 1 is 1.31 bits per heavy atom. The van der Waals surface area contributed by atoms with E-state index in [-0.39, 0.29) is 5.82 Å². The molecular formula is C9H8FN3. The van der Waals surface area contributed by atoms with Crippen LogP contribution in [0.4, 0.5) is 10.2 Å². The summed E-state index contributed by atoms with van der Waals surface area (Å²) in [5.74, 6) is -0.0322. The van der Waals surface area contributed by atoms with Crippen molar-refractivity contribution in [1.29, 1.82) is 0 Å². The summed E-state index contributed by atoms with van der Waals surface area (Å²) in [7, 11) is 0. The first-order valence-corrected chi connectivity index (χ1v) is 3.86. The van der Waals surface area contributed by atoms with E-state index in [4.69, 9.17) is 0 Å². The summed E-state index contributed by atoms with van der Waals surface area (Å²) in [5.41, 5.74) is 0. The van der Waals surface area contributed by atoms with E-state index in [0.29, 0.717) is 5.82 Å². The van der Waals surface area contributed by atoms with Crippen molar-refractivity contribution in [2.75, 3.05) is 4.90 Å². The van der Waals surface area contributed by atoms with Gasteiger partial charge in [0.1, 0.15) is 0 Å². The lowest BCUT2D eigenvalue weighted by molar-refractivity contribution is 0.622. The predicted octanol–water partition coefficient (Wildman–Crippen LogP) is 1.57. The minimum absolute atomic E-state index is 0.302. The number of hydrogen-bond donors (Lipinski definition) is 1. The number of pyridine rings is 1. The van der Waals surface area contributed by atoms with Crippen LogP contribution in [0.25, 0.3) is 0 Å². The number of hydrogen-bond acceptors (Lipinski definition) is 3. The van der Waals surface area contributed by atoms with E-state index < -0.39 is 0 Å². The molecule has 1 aliphatic heterocycles. The van der Waals surface area contributed by atoms with Gasteiger partial charge in [-0.2, -0.15) is 0 Å². The van der Waals surface area contributed by atoms with E-state index in [9.17, 15) is 4.39 Å². The second-order valence-electron chi connectivity index (χ2n) is 2.51. The maximum Gasteiger partial charge on any atom is 0.173 e. The van der Waals surface area contributed by atoms with Gasteiger partial charge in [0.2, 0.25) is 0 Å². The molecule has 2 rings (SSSR count). The molecule has 0 saturated heterocycles. The standard InChI is InChI=1S/C9H8FN3/c10-8-2-1-3-12-9(8)13-6-4-11-5-7-13/h1-7,11H. The van der Waals surface area contributed by atoms with Gasteiger partial charge in [-0.1, -0.05) is 0 Å². The van der Waals surface area contributed by atoms with E-state index in [1.807, 2.05) is 0 Å². The third-order valence-corrected chi connectivity index (χ3v) is 1.65. The van der Waals surface area contributed by atoms with E-state index in [1.54, 1.807) is 42.0 Å². The van der Waals surface area contributed by atoms with Crippen LogP contribution in [0.1, 0.15) is 0 Å². The molecule has 3 nitrogen and oxygen atoms in total.